The summed E-state index contributed by atoms with van der Waals surface area (Å²) in [6.07, 6.45) is 1.55. The first-order chi connectivity index (χ1) is 14.1. The van der Waals surface area contributed by atoms with E-state index in [9.17, 15) is 0 Å². The molecule has 0 aliphatic rings. The number of halogens is 2. The zero-order valence-corrected chi connectivity index (χ0v) is 18.5. The monoisotopic (exact) mass is 462 g/mol. The van der Waals surface area contributed by atoms with Crippen molar-refractivity contribution in [2.45, 2.75) is 18.4 Å². The van der Waals surface area contributed by atoms with Gasteiger partial charge in [-0.25, -0.2) is 9.50 Å². The summed E-state index contributed by atoms with van der Waals surface area (Å²) in [6.45, 7) is 2.30. The van der Waals surface area contributed by atoms with Gasteiger partial charge in [0.2, 0.25) is 4.96 Å². The van der Waals surface area contributed by atoms with Gasteiger partial charge >= 0.3 is 0 Å². The first-order valence-electron chi connectivity index (χ1n) is 8.72. The molecule has 0 aliphatic heterocycles. The summed E-state index contributed by atoms with van der Waals surface area (Å²) in [4.78, 5) is 12.9. The summed E-state index contributed by atoms with van der Waals surface area (Å²) < 4.78 is 1.82. The average Bonchev–Trinajstić information content (AvgIpc) is 3.30. The molecular weight excluding hydrogens is 447 g/mol. The van der Waals surface area contributed by atoms with Gasteiger partial charge in [0.15, 0.2) is 0 Å². The Morgan fingerprint density at radius 2 is 1.97 bits per heavy atom. The number of rotatable bonds is 7. The highest BCUT2D eigenvalue weighted by Crippen LogP contribution is 2.27. The van der Waals surface area contributed by atoms with E-state index in [0.717, 1.165) is 31.7 Å². The lowest BCUT2D eigenvalue weighted by Crippen LogP contribution is -2.07. The fourth-order valence-electron chi connectivity index (χ4n) is 2.67. The van der Waals surface area contributed by atoms with Crippen LogP contribution in [0.4, 0.5) is 0 Å². The molecule has 2 heterocycles. The van der Waals surface area contributed by atoms with Crippen LogP contribution in [0.5, 0.6) is 0 Å². The minimum atomic E-state index is 0.300. The second-order valence-electron chi connectivity index (χ2n) is 6.12. The number of hydrogen-bond donors (Lipinski definition) is 0. The topological polar surface area (TPSA) is 51.8 Å². The van der Waals surface area contributed by atoms with Gasteiger partial charge in [-0.3, -0.25) is 0 Å². The van der Waals surface area contributed by atoms with E-state index in [1.165, 1.54) is 0 Å². The Morgan fingerprint density at radius 1 is 1.17 bits per heavy atom. The van der Waals surface area contributed by atoms with Crippen molar-refractivity contribution in [1.29, 1.82) is 0 Å². The van der Waals surface area contributed by atoms with Crippen molar-refractivity contribution in [3.05, 3.63) is 81.0 Å². The molecule has 4 rings (SSSR count). The Morgan fingerprint density at radius 3 is 2.72 bits per heavy atom. The van der Waals surface area contributed by atoms with Crippen molar-refractivity contribution in [1.82, 2.24) is 14.6 Å². The standard InChI is InChI=1S/C20H16Cl2N4OS2/c1-13-19(29-20-23-12-24-26(13)20)18(11-28-16-8-6-15(21)7-9-16)25-27-10-14-4-2-3-5-17(14)22/h2-9,12H,10-11H2,1H3. The zero-order valence-electron chi connectivity index (χ0n) is 15.4. The van der Waals surface area contributed by atoms with Crippen LogP contribution in [0.15, 0.2) is 64.9 Å². The Balaban J connectivity index is 1.57. The minimum Gasteiger partial charge on any atom is -0.391 e. The molecule has 0 aliphatic carbocycles. The van der Waals surface area contributed by atoms with Crippen molar-refractivity contribution in [2.75, 3.05) is 5.75 Å². The van der Waals surface area contributed by atoms with E-state index in [4.69, 9.17) is 28.0 Å². The quantitative estimate of drug-likeness (QED) is 0.188. The smallest absolute Gasteiger partial charge is 0.212 e. The maximum absolute atomic E-state index is 6.21. The molecule has 0 amide bonds. The second-order valence-corrected chi connectivity index (χ2v) is 8.99. The van der Waals surface area contributed by atoms with Gasteiger partial charge in [0, 0.05) is 26.3 Å². The van der Waals surface area contributed by atoms with Gasteiger partial charge in [-0.1, -0.05) is 57.9 Å². The average molecular weight is 463 g/mol. The first-order valence-corrected chi connectivity index (χ1v) is 11.3. The van der Waals surface area contributed by atoms with E-state index in [-0.39, 0.29) is 0 Å². The molecule has 148 valence electrons. The molecule has 0 spiro atoms. The summed E-state index contributed by atoms with van der Waals surface area (Å²) in [5, 5.41) is 10.1. The molecule has 2 aromatic heterocycles. The highest BCUT2D eigenvalue weighted by molar-refractivity contribution is 8.00. The van der Waals surface area contributed by atoms with Crippen LogP contribution in [-0.4, -0.2) is 26.1 Å². The normalized spacial score (nSPS) is 11.9. The number of aryl methyl sites for hydroxylation is 1. The fourth-order valence-corrected chi connectivity index (χ4v) is 4.92. The van der Waals surface area contributed by atoms with Crippen LogP contribution in [0, 0.1) is 6.92 Å². The number of fused-ring (bicyclic) bond motifs is 1. The van der Waals surface area contributed by atoms with Crippen molar-refractivity contribution in [3.63, 3.8) is 0 Å². The molecule has 2 aromatic carbocycles. The van der Waals surface area contributed by atoms with Crippen molar-refractivity contribution in [3.8, 4) is 0 Å². The predicted octanol–water partition coefficient (Wildman–Crippen LogP) is 6.12. The Bertz CT molecular complexity index is 1150. The largest absolute Gasteiger partial charge is 0.391 e. The third kappa shape index (κ3) is 4.75. The van der Waals surface area contributed by atoms with Gasteiger partial charge < -0.3 is 4.84 Å². The molecule has 4 aromatic rings. The molecule has 5 nitrogen and oxygen atoms in total. The van der Waals surface area contributed by atoms with Crippen LogP contribution >= 0.6 is 46.3 Å². The molecule has 0 saturated heterocycles. The zero-order chi connectivity index (χ0) is 20.2. The van der Waals surface area contributed by atoms with E-state index in [0.29, 0.717) is 22.4 Å². The molecular formula is C20H16Cl2N4OS2. The molecule has 0 fully saturated rings. The van der Waals surface area contributed by atoms with Crippen molar-refractivity contribution in [2.24, 2.45) is 5.16 Å². The van der Waals surface area contributed by atoms with Crippen LogP contribution in [0.1, 0.15) is 16.1 Å². The molecule has 0 unspecified atom stereocenters. The van der Waals surface area contributed by atoms with E-state index in [1.54, 1.807) is 29.4 Å². The third-order valence-electron chi connectivity index (χ3n) is 4.16. The van der Waals surface area contributed by atoms with Gasteiger partial charge in [-0.05, 0) is 37.3 Å². The number of aromatic nitrogens is 3. The van der Waals surface area contributed by atoms with E-state index >= 15 is 0 Å². The molecule has 29 heavy (non-hydrogen) atoms. The maximum atomic E-state index is 6.21. The van der Waals surface area contributed by atoms with Gasteiger partial charge in [0.05, 0.1) is 10.6 Å². The van der Waals surface area contributed by atoms with Crippen molar-refractivity contribution < 1.29 is 4.84 Å². The lowest BCUT2D eigenvalue weighted by Gasteiger charge is -2.07. The van der Waals surface area contributed by atoms with Gasteiger partial charge in [-0.2, -0.15) is 5.10 Å². The summed E-state index contributed by atoms with van der Waals surface area (Å²) in [6, 6.07) is 15.3. The van der Waals surface area contributed by atoms with Crippen LogP contribution in [-0.2, 0) is 11.4 Å². The Hall–Kier alpha value is -2.06. The van der Waals surface area contributed by atoms with E-state index in [1.807, 2.05) is 60.0 Å². The highest BCUT2D eigenvalue weighted by Gasteiger charge is 2.17. The van der Waals surface area contributed by atoms with Gasteiger partial charge in [-0.15, -0.1) is 11.8 Å². The highest BCUT2D eigenvalue weighted by atomic mass is 35.5. The Labute approximate surface area is 186 Å². The predicted molar refractivity (Wildman–Crippen MR) is 121 cm³/mol. The third-order valence-corrected chi connectivity index (χ3v) is 7.00. The van der Waals surface area contributed by atoms with Gasteiger partial charge in [0.25, 0.3) is 0 Å². The van der Waals surface area contributed by atoms with Crippen LogP contribution in [0.3, 0.4) is 0 Å². The van der Waals surface area contributed by atoms with E-state index < -0.39 is 0 Å². The lowest BCUT2D eigenvalue weighted by atomic mass is 10.2. The summed E-state index contributed by atoms with van der Waals surface area (Å²) in [5.41, 5.74) is 2.70. The molecule has 0 atom stereocenters. The van der Waals surface area contributed by atoms with Crippen molar-refractivity contribution >= 4 is 57.0 Å². The number of nitrogens with zero attached hydrogens (tertiary/aromatic N) is 4. The number of thioether (sulfide) groups is 1. The van der Waals surface area contributed by atoms with E-state index in [2.05, 4.69) is 15.2 Å². The first kappa shape index (κ1) is 20.2. The summed E-state index contributed by atoms with van der Waals surface area (Å²) in [5.74, 6) is 0.634. The number of oxime groups is 1. The molecule has 0 saturated carbocycles. The molecule has 0 radical (unpaired) electrons. The van der Waals surface area contributed by atoms with Crippen LogP contribution in [0.25, 0.3) is 4.96 Å². The number of hydrogen-bond acceptors (Lipinski definition) is 6. The molecule has 0 bridgehead atoms. The summed E-state index contributed by atoms with van der Waals surface area (Å²) in [7, 11) is 0. The fraction of sp³-hybridized carbons (Fsp3) is 0.150. The molecule has 9 heteroatoms. The maximum Gasteiger partial charge on any atom is 0.212 e. The molecule has 0 N–H and O–H groups in total. The minimum absolute atomic E-state index is 0.300. The lowest BCUT2D eigenvalue weighted by molar-refractivity contribution is 0.130. The second kappa shape index (κ2) is 9.17. The van der Waals surface area contributed by atoms with Gasteiger partial charge in [0.1, 0.15) is 18.6 Å². The number of thiazole rings is 1. The SMILES string of the molecule is Cc1c(C(CSc2ccc(Cl)cc2)=NOCc2ccccc2Cl)sc2ncnn12. The van der Waals surface area contributed by atoms with Crippen LogP contribution < -0.4 is 0 Å². The van der Waals surface area contributed by atoms with Crippen LogP contribution in [0.2, 0.25) is 10.0 Å². The summed E-state index contributed by atoms with van der Waals surface area (Å²) >= 11 is 15.4. The Kier molecular flexibility index (Phi) is 6.40. The number of benzene rings is 2.